The molecule has 0 atom stereocenters. The molecule has 3 rings (SSSR count). The lowest BCUT2D eigenvalue weighted by molar-refractivity contribution is 0.0528. The van der Waals surface area contributed by atoms with Gasteiger partial charge in [-0.2, -0.15) is 0 Å². The first-order valence-electron chi connectivity index (χ1n) is 9.07. The standard InChI is InChI=1S/C21H24N4O3/c1-21(2,3)28-20(26)23-11-9-15-6-5-14(13-24-15)16-10-12-22-17-7-8-18(27-4)25-19(16)17/h5-8,10,12-13H,9,11H2,1-4H3,(H,23,26). The van der Waals surface area contributed by atoms with Gasteiger partial charge >= 0.3 is 6.09 Å². The first kappa shape index (κ1) is 19.5. The molecule has 0 bridgehead atoms. The molecule has 28 heavy (non-hydrogen) atoms. The second-order valence-corrected chi connectivity index (χ2v) is 7.30. The Morgan fingerprint density at radius 2 is 1.93 bits per heavy atom. The number of nitrogens with zero attached hydrogens (tertiary/aromatic N) is 3. The predicted molar refractivity (Wildman–Crippen MR) is 107 cm³/mol. The Labute approximate surface area is 164 Å². The molecule has 0 spiro atoms. The molecule has 1 N–H and O–H groups in total. The summed E-state index contributed by atoms with van der Waals surface area (Å²) in [5, 5.41) is 2.74. The summed E-state index contributed by atoms with van der Waals surface area (Å²) in [7, 11) is 1.59. The Bertz CT molecular complexity index is 966. The fourth-order valence-electron chi connectivity index (χ4n) is 2.69. The lowest BCUT2D eigenvalue weighted by Crippen LogP contribution is -2.33. The van der Waals surface area contributed by atoms with E-state index in [-0.39, 0.29) is 0 Å². The Morgan fingerprint density at radius 1 is 1.11 bits per heavy atom. The van der Waals surface area contributed by atoms with Crippen molar-refractivity contribution in [1.29, 1.82) is 0 Å². The van der Waals surface area contributed by atoms with E-state index in [2.05, 4.69) is 20.3 Å². The van der Waals surface area contributed by atoms with Crippen molar-refractivity contribution in [3.8, 4) is 17.0 Å². The molecule has 7 nitrogen and oxygen atoms in total. The van der Waals surface area contributed by atoms with E-state index in [0.29, 0.717) is 18.8 Å². The van der Waals surface area contributed by atoms with Gasteiger partial charge in [-0.1, -0.05) is 6.07 Å². The van der Waals surface area contributed by atoms with Crippen LogP contribution in [0.1, 0.15) is 26.5 Å². The van der Waals surface area contributed by atoms with Crippen molar-refractivity contribution in [2.24, 2.45) is 0 Å². The minimum atomic E-state index is -0.506. The number of ether oxygens (including phenoxy) is 2. The van der Waals surface area contributed by atoms with Crippen molar-refractivity contribution < 1.29 is 14.3 Å². The molecule has 0 aliphatic heterocycles. The van der Waals surface area contributed by atoms with Gasteiger partial charge in [-0.25, -0.2) is 9.78 Å². The number of methoxy groups -OCH3 is 1. The van der Waals surface area contributed by atoms with Crippen LogP contribution in [-0.4, -0.2) is 40.3 Å². The van der Waals surface area contributed by atoms with E-state index in [1.165, 1.54) is 0 Å². The molecular weight excluding hydrogens is 356 g/mol. The minimum Gasteiger partial charge on any atom is -0.481 e. The Morgan fingerprint density at radius 3 is 2.61 bits per heavy atom. The van der Waals surface area contributed by atoms with Crippen molar-refractivity contribution in [2.45, 2.75) is 32.8 Å². The number of alkyl carbamates (subject to hydrolysis) is 1. The van der Waals surface area contributed by atoms with Crippen LogP contribution >= 0.6 is 0 Å². The molecule has 146 valence electrons. The van der Waals surface area contributed by atoms with Crippen molar-refractivity contribution >= 4 is 17.1 Å². The van der Waals surface area contributed by atoms with Gasteiger partial charge in [-0.15, -0.1) is 0 Å². The fraction of sp³-hybridized carbons (Fsp3) is 0.333. The molecular formula is C21H24N4O3. The van der Waals surface area contributed by atoms with Crippen LogP contribution in [0.2, 0.25) is 0 Å². The third-order valence-electron chi connectivity index (χ3n) is 3.95. The van der Waals surface area contributed by atoms with Crippen LogP contribution in [0.5, 0.6) is 5.88 Å². The number of rotatable bonds is 5. The largest absolute Gasteiger partial charge is 0.481 e. The summed E-state index contributed by atoms with van der Waals surface area (Å²) in [6.07, 6.45) is 3.75. The highest BCUT2D eigenvalue weighted by atomic mass is 16.6. The van der Waals surface area contributed by atoms with E-state index in [4.69, 9.17) is 9.47 Å². The van der Waals surface area contributed by atoms with Crippen molar-refractivity contribution in [3.05, 3.63) is 48.4 Å². The third kappa shape index (κ3) is 4.94. The summed E-state index contributed by atoms with van der Waals surface area (Å²) in [5.74, 6) is 0.541. The van der Waals surface area contributed by atoms with E-state index in [0.717, 1.165) is 27.9 Å². The summed E-state index contributed by atoms with van der Waals surface area (Å²) in [6, 6.07) is 9.52. The molecule has 0 fully saturated rings. The number of aromatic nitrogens is 3. The normalized spacial score (nSPS) is 11.3. The zero-order valence-corrected chi connectivity index (χ0v) is 16.5. The average molecular weight is 380 g/mol. The first-order chi connectivity index (χ1) is 13.4. The third-order valence-corrected chi connectivity index (χ3v) is 3.95. The number of carbonyl (C=O) groups is 1. The second-order valence-electron chi connectivity index (χ2n) is 7.30. The Hall–Kier alpha value is -3.22. The molecule has 0 aromatic carbocycles. The van der Waals surface area contributed by atoms with Gasteiger partial charge in [-0.05, 0) is 39.0 Å². The van der Waals surface area contributed by atoms with Gasteiger partial charge in [0.15, 0.2) is 0 Å². The highest BCUT2D eigenvalue weighted by molar-refractivity contribution is 5.91. The number of fused-ring (bicyclic) bond motifs is 1. The summed E-state index contributed by atoms with van der Waals surface area (Å²) in [6.45, 7) is 5.96. The van der Waals surface area contributed by atoms with Crippen LogP contribution in [0.4, 0.5) is 4.79 Å². The van der Waals surface area contributed by atoms with Gasteiger partial charge in [0.2, 0.25) is 5.88 Å². The van der Waals surface area contributed by atoms with Crippen molar-refractivity contribution in [1.82, 2.24) is 20.3 Å². The van der Waals surface area contributed by atoms with E-state index >= 15 is 0 Å². The van der Waals surface area contributed by atoms with Crippen LogP contribution in [0, 0.1) is 0 Å². The number of pyridine rings is 3. The molecule has 1 amide bonds. The maximum atomic E-state index is 11.7. The number of nitrogens with one attached hydrogen (secondary N) is 1. The number of hydrogen-bond donors (Lipinski definition) is 1. The SMILES string of the molecule is COc1ccc2nccc(-c3ccc(CCNC(=O)OC(C)(C)C)nc3)c2n1. The summed E-state index contributed by atoms with van der Waals surface area (Å²) < 4.78 is 10.4. The first-order valence-corrected chi connectivity index (χ1v) is 9.07. The quantitative estimate of drug-likeness (QED) is 0.725. The molecule has 7 heteroatoms. The van der Waals surface area contributed by atoms with Crippen LogP contribution < -0.4 is 10.1 Å². The topological polar surface area (TPSA) is 86.2 Å². The Balaban J connectivity index is 1.70. The zero-order chi connectivity index (χ0) is 20.1. The fourth-order valence-corrected chi connectivity index (χ4v) is 2.69. The number of amides is 1. The molecule has 3 aromatic heterocycles. The molecule has 0 saturated heterocycles. The molecule has 0 aliphatic rings. The van der Waals surface area contributed by atoms with Gasteiger partial charge in [-0.3, -0.25) is 9.97 Å². The summed E-state index contributed by atoms with van der Waals surface area (Å²) >= 11 is 0. The van der Waals surface area contributed by atoms with Crippen LogP contribution in [0.15, 0.2) is 42.7 Å². The van der Waals surface area contributed by atoms with E-state index in [9.17, 15) is 4.79 Å². The van der Waals surface area contributed by atoms with E-state index < -0.39 is 11.7 Å². The minimum absolute atomic E-state index is 0.424. The maximum Gasteiger partial charge on any atom is 0.407 e. The van der Waals surface area contributed by atoms with Crippen molar-refractivity contribution in [3.63, 3.8) is 0 Å². The van der Waals surface area contributed by atoms with Crippen LogP contribution in [-0.2, 0) is 11.2 Å². The van der Waals surface area contributed by atoms with Gasteiger partial charge < -0.3 is 14.8 Å². The van der Waals surface area contributed by atoms with E-state index in [1.807, 2.05) is 45.0 Å². The summed E-state index contributed by atoms with van der Waals surface area (Å²) in [5.41, 5.74) is 3.82. The predicted octanol–water partition coefficient (Wildman–Crippen LogP) is 3.77. The highest BCUT2D eigenvalue weighted by Gasteiger charge is 2.15. The highest BCUT2D eigenvalue weighted by Crippen LogP contribution is 2.27. The number of carbonyl (C=O) groups excluding carboxylic acids is 1. The number of hydrogen-bond acceptors (Lipinski definition) is 6. The van der Waals surface area contributed by atoms with E-state index in [1.54, 1.807) is 25.6 Å². The molecule has 0 unspecified atom stereocenters. The van der Waals surface area contributed by atoms with Crippen molar-refractivity contribution in [2.75, 3.05) is 13.7 Å². The smallest absolute Gasteiger partial charge is 0.407 e. The summed E-state index contributed by atoms with van der Waals surface area (Å²) in [4.78, 5) is 25.1. The van der Waals surface area contributed by atoms with Crippen LogP contribution in [0.25, 0.3) is 22.2 Å². The van der Waals surface area contributed by atoms with Gasteiger partial charge in [0.1, 0.15) is 11.1 Å². The van der Waals surface area contributed by atoms with Gasteiger partial charge in [0.05, 0.1) is 12.6 Å². The average Bonchev–Trinajstić information content (AvgIpc) is 2.66. The van der Waals surface area contributed by atoms with Gasteiger partial charge in [0, 0.05) is 48.2 Å². The zero-order valence-electron chi connectivity index (χ0n) is 16.5. The lowest BCUT2D eigenvalue weighted by Gasteiger charge is -2.19. The maximum absolute atomic E-state index is 11.7. The molecule has 0 radical (unpaired) electrons. The van der Waals surface area contributed by atoms with Crippen LogP contribution in [0.3, 0.4) is 0 Å². The molecule has 3 aromatic rings. The Kier molecular flexibility index (Phi) is 5.73. The second kappa shape index (κ2) is 8.21. The molecule has 0 aliphatic carbocycles. The monoisotopic (exact) mass is 380 g/mol. The molecule has 0 saturated carbocycles. The molecule has 3 heterocycles. The van der Waals surface area contributed by atoms with Gasteiger partial charge in [0.25, 0.3) is 0 Å². The lowest BCUT2D eigenvalue weighted by atomic mass is 10.1.